The Morgan fingerprint density at radius 2 is 2.40 bits per heavy atom. The van der Waals surface area contributed by atoms with Gasteiger partial charge >= 0.3 is 0 Å². The minimum atomic E-state index is 0.0563. The molecule has 0 saturated carbocycles. The molecule has 0 aromatic carbocycles. The summed E-state index contributed by atoms with van der Waals surface area (Å²) in [5.74, 6) is 0.0563. The van der Waals surface area contributed by atoms with E-state index in [2.05, 4.69) is 20.5 Å². The monoisotopic (exact) mass is 294 g/mol. The van der Waals surface area contributed by atoms with E-state index in [0.717, 1.165) is 26.2 Å². The van der Waals surface area contributed by atoms with Crippen LogP contribution < -0.4 is 10.6 Å². The molecule has 2 N–H and O–H groups in total. The van der Waals surface area contributed by atoms with Gasteiger partial charge in [-0.1, -0.05) is 0 Å². The fourth-order valence-electron chi connectivity index (χ4n) is 3.47. The van der Waals surface area contributed by atoms with Crippen LogP contribution in [0.15, 0.2) is 11.6 Å². The number of hydrogen-bond donors (Lipinski definition) is 2. The topological polar surface area (TPSA) is 57.3 Å². The van der Waals surface area contributed by atoms with Crippen LogP contribution in [0.4, 0.5) is 5.13 Å². The maximum Gasteiger partial charge on any atom is 0.240 e. The van der Waals surface area contributed by atoms with E-state index in [1.54, 1.807) is 6.20 Å². The SMILES string of the molecule is O=C(CN1CCCC2(CCCNC2)C1)Nc1nccs1. The number of hydrogen-bond acceptors (Lipinski definition) is 5. The number of carbonyl (C=O) groups is 1. The minimum Gasteiger partial charge on any atom is -0.316 e. The normalized spacial score (nSPS) is 27.6. The molecule has 2 aliphatic heterocycles. The Labute approximate surface area is 123 Å². The highest BCUT2D eigenvalue weighted by molar-refractivity contribution is 7.13. The van der Waals surface area contributed by atoms with Gasteiger partial charge in [0.05, 0.1) is 6.54 Å². The van der Waals surface area contributed by atoms with Gasteiger partial charge in [0.25, 0.3) is 0 Å². The van der Waals surface area contributed by atoms with Crippen LogP contribution in [0.25, 0.3) is 0 Å². The van der Waals surface area contributed by atoms with Crippen LogP contribution >= 0.6 is 11.3 Å². The van der Waals surface area contributed by atoms with Crippen molar-refractivity contribution >= 4 is 22.4 Å². The number of nitrogens with one attached hydrogen (secondary N) is 2. The molecule has 0 radical (unpaired) electrons. The van der Waals surface area contributed by atoms with E-state index in [1.807, 2.05) is 5.38 Å². The van der Waals surface area contributed by atoms with E-state index in [0.29, 0.717) is 17.1 Å². The second kappa shape index (κ2) is 6.20. The molecule has 1 atom stereocenters. The van der Waals surface area contributed by atoms with Crippen molar-refractivity contribution in [2.45, 2.75) is 25.7 Å². The van der Waals surface area contributed by atoms with Crippen molar-refractivity contribution in [1.29, 1.82) is 0 Å². The lowest BCUT2D eigenvalue weighted by Crippen LogP contribution is -2.52. The quantitative estimate of drug-likeness (QED) is 0.888. The number of anilines is 1. The van der Waals surface area contributed by atoms with Crippen molar-refractivity contribution in [2.75, 3.05) is 38.0 Å². The molecule has 2 fully saturated rings. The van der Waals surface area contributed by atoms with Crippen LogP contribution in [0.3, 0.4) is 0 Å². The number of nitrogens with zero attached hydrogens (tertiary/aromatic N) is 2. The van der Waals surface area contributed by atoms with Crippen LogP contribution in [-0.4, -0.2) is 48.5 Å². The molecule has 20 heavy (non-hydrogen) atoms. The van der Waals surface area contributed by atoms with Gasteiger partial charge < -0.3 is 10.6 Å². The van der Waals surface area contributed by atoms with Gasteiger partial charge in [-0.3, -0.25) is 9.69 Å². The molecule has 1 spiro atoms. The van der Waals surface area contributed by atoms with Gasteiger partial charge in [-0.05, 0) is 44.2 Å². The van der Waals surface area contributed by atoms with E-state index >= 15 is 0 Å². The molecule has 3 rings (SSSR count). The molecule has 2 aliphatic rings. The Balaban J connectivity index is 1.53. The van der Waals surface area contributed by atoms with Crippen LogP contribution in [-0.2, 0) is 4.79 Å². The fourth-order valence-corrected chi connectivity index (χ4v) is 4.02. The molecule has 110 valence electrons. The van der Waals surface area contributed by atoms with Gasteiger partial charge in [-0.15, -0.1) is 11.3 Å². The summed E-state index contributed by atoms with van der Waals surface area (Å²) in [6, 6.07) is 0. The summed E-state index contributed by atoms with van der Waals surface area (Å²) in [4.78, 5) is 18.4. The van der Waals surface area contributed by atoms with E-state index in [9.17, 15) is 4.79 Å². The molecule has 0 bridgehead atoms. The molecule has 1 aromatic heterocycles. The van der Waals surface area contributed by atoms with Crippen molar-refractivity contribution in [3.63, 3.8) is 0 Å². The highest BCUT2D eigenvalue weighted by Crippen LogP contribution is 2.35. The molecular weight excluding hydrogens is 272 g/mol. The van der Waals surface area contributed by atoms with Gasteiger partial charge in [-0.2, -0.15) is 0 Å². The summed E-state index contributed by atoms with van der Waals surface area (Å²) >= 11 is 1.46. The predicted molar refractivity (Wildman–Crippen MR) is 81.0 cm³/mol. The lowest BCUT2D eigenvalue weighted by Gasteiger charge is -2.45. The number of amides is 1. The molecule has 3 heterocycles. The number of rotatable bonds is 3. The standard InChI is InChI=1S/C14H22N4OS/c19-12(17-13-16-6-8-20-13)9-18-7-2-4-14(11-18)3-1-5-15-10-14/h6,8,15H,1-5,7,9-11H2,(H,16,17,19). The third-order valence-electron chi connectivity index (χ3n) is 4.35. The third kappa shape index (κ3) is 3.37. The van der Waals surface area contributed by atoms with Crippen LogP contribution in [0.1, 0.15) is 25.7 Å². The van der Waals surface area contributed by atoms with Gasteiger partial charge in [-0.25, -0.2) is 4.98 Å². The fraction of sp³-hybridized carbons (Fsp3) is 0.714. The molecule has 6 heteroatoms. The predicted octanol–water partition coefficient (Wildman–Crippen LogP) is 1.55. The Bertz CT molecular complexity index is 437. The molecule has 0 aliphatic carbocycles. The van der Waals surface area contributed by atoms with Crippen molar-refractivity contribution < 1.29 is 4.79 Å². The lowest BCUT2D eigenvalue weighted by atomic mass is 9.74. The lowest BCUT2D eigenvalue weighted by molar-refractivity contribution is -0.118. The average molecular weight is 294 g/mol. The smallest absolute Gasteiger partial charge is 0.240 e. The minimum absolute atomic E-state index is 0.0563. The Kier molecular flexibility index (Phi) is 4.33. The first-order valence-electron chi connectivity index (χ1n) is 7.38. The van der Waals surface area contributed by atoms with E-state index < -0.39 is 0 Å². The highest BCUT2D eigenvalue weighted by Gasteiger charge is 2.36. The average Bonchev–Trinajstić information content (AvgIpc) is 2.92. The summed E-state index contributed by atoms with van der Waals surface area (Å²) in [6.45, 7) is 4.82. The van der Waals surface area contributed by atoms with Gasteiger partial charge in [0.1, 0.15) is 0 Å². The summed E-state index contributed by atoms with van der Waals surface area (Å²) in [6.07, 6.45) is 6.77. The van der Waals surface area contributed by atoms with E-state index in [1.165, 1.54) is 37.0 Å². The summed E-state index contributed by atoms with van der Waals surface area (Å²) in [7, 11) is 0. The number of aromatic nitrogens is 1. The zero-order valence-electron chi connectivity index (χ0n) is 11.7. The highest BCUT2D eigenvalue weighted by atomic mass is 32.1. The van der Waals surface area contributed by atoms with E-state index in [-0.39, 0.29) is 5.91 Å². The molecule has 1 unspecified atom stereocenters. The third-order valence-corrected chi connectivity index (χ3v) is 5.04. The zero-order valence-corrected chi connectivity index (χ0v) is 12.5. The van der Waals surface area contributed by atoms with Gasteiger partial charge in [0, 0.05) is 24.7 Å². The van der Waals surface area contributed by atoms with Gasteiger partial charge in [0.2, 0.25) is 5.91 Å². The second-order valence-electron chi connectivity index (χ2n) is 5.98. The number of carbonyl (C=O) groups excluding carboxylic acids is 1. The Hall–Kier alpha value is -0.980. The first-order valence-corrected chi connectivity index (χ1v) is 8.26. The molecule has 1 amide bonds. The van der Waals surface area contributed by atoms with Crippen molar-refractivity contribution in [1.82, 2.24) is 15.2 Å². The number of piperidine rings is 2. The maximum absolute atomic E-state index is 12.0. The largest absolute Gasteiger partial charge is 0.316 e. The first-order chi connectivity index (χ1) is 9.76. The van der Waals surface area contributed by atoms with Gasteiger partial charge in [0.15, 0.2) is 5.13 Å². The van der Waals surface area contributed by atoms with Crippen molar-refractivity contribution in [3.8, 4) is 0 Å². The second-order valence-corrected chi connectivity index (χ2v) is 6.87. The molecule has 1 aromatic rings. The molecular formula is C14H22N4OS. The first kappa shape index (κ1) is 14.0. The summed E-state index contributed by atoms with van der Waals surface area (Å²) < 4.78 is 0. The van der Waals surface area contributed by atoms with E-state index in [4.69, 9.17) is 0 Å². The molecule has 2 saturated heterocycles. The van der Waals surface area contributed by atoms with Crippen LogP contribution in [0.5, 0.6) is 0 Å². The van der Waals surface area contributed by atoms with Crippen LogP contribution in [0, 0.1) is 5.41 Å². The number of thiazole rings is 1. The zero-order chi connectivity index (χ0) is 13.8. The van der Waals surface area contributed by atoms with Crippen LogP contribution in [0.2, 0.25) is 0 Å². The summed E-state index contributed by atoms with van der Waals surface area (Å²) in [5, 5.41) is 8.96. The summed E-state index contributed by atoms with van der Waals surface area (Å²) in [5.41, 5.74) is 0.401. The van der Waals surface area contributed by atoms with Crippen molar-refractivity contribution in [3.05, 3.63) is 11.6 Å². The molecule has 5 nitrogen and oxygen atoms in total. The maximum atomic E-state index is 12.0. The Morgan fingerprint density at radius 1 is 1.50 bits per heavy atom. The Morgan fingerprint density at radius 3 is 3.15 bits per heavy atom. The van der Waals surface area contributed by atoms with Crippen molar-refractivity contribution in [2.24, 2.45) is 5.41 Å². The number of likely N-dealkylation sites (tertiary alicyclic amines) is 1.